The summed E-state index contributed by atoms with van der Waals surface area (Å²) in [6, 6.07) is 0. The van der Waals surface area contributed by atoms with Gasteiger partial charge in [0.2, 0.25) is 0 Å². The third kappa shape index (κ3) is 5.43. The zero-order chi connectivity index (χ0) is 6.41. The Labute approximate surface area is 49.9 Å². The molecule has 0 spiro atoms. The van der Waals surface area contributed by atoms with Crippen LogP contribution in [-0.4, -0.2) is 39.0 Å². The molecule has 3 nitrogen and oxygen atoms in total. The van der Waals surface area contributed by atoms with Gasteiger partial charge in [0.1, 0.15) is 0 Å². The Morgan fingerprint density at radius 3 is 2.62 bits per heavy atom. The van der Waals surface area contributed by atoms with Gasteiger partial charge in [-0.15, -0.1) is 0 Å². The predicted octanol–water partition coefficient (Wildman–Crippen LogP) is 0.180. The fourth-order valence-corrected chi connectivity index (χ4v) is 0.271. The monoisotopic (exact) mass is 116 g/mol. The minimum Gasteiger partial charge on any atom is -0.379 e. The SMILES string of the molecule is COC/C=N/N(C)C. The topological polar surface area (TPSA) is 24.8 Å². The molecule has 0 aromatic heterocycles. The Balaban J connectivity index is 3.07. The Kier molecular flexibility index (Phi) is 4.26. The molecular formula is C5H12N2O. The van der Waals surface area contributed by atoms with Gasteiger partial charge in [0.25, 0.3) is 0 Å². The molecule has 0 heterocycles. The first-order valence-corrected chi connectivity index (χ1v) is 2.46. The molecule has 0 amide bonds. The molecule has 0 N–H and O–H groups in total. The first kappa shape index (κ1) is 7.43. The molecule has 0 aliphatic rings. The lowest BCUT2D eigenvalue weighted by Gasteiger charge is -2.00. The molecule has 0 aliphatic heterocycles. The average Bonchev–Trinajstić information content (AvgIpc) is 1.66. The standard InChI is InChI=1S/C5H12N2O/c1-7(2)6-4-5-8-3/h4H,5H2,1-3H3/b6-4+. The highest BCUT2D eigenvalue weighted by Crippen LogP contribution is 1.70. The largest absolute Gasteiger partial charge is 0.379 e. The van der Waals surface area contributed by atoms with Crippen molar-refractivity contribution in [1.29, 1.82) is 0 Å². The van der Waals surface area contributed by atoms with Crippen molar-refractivity contribution in [1.82, 2.24) is 5.01 Å². The molecule has 48 valence electrons. The number of hydrogen-bond acceptors (Lipinski definition) is 3. The first-order chi connectivity index (χ1) is 3.77. The quantitative estimate of drug-likeness (QED) is 0.388. The summed E-state index contributed by atoms with van der Waals surface area (Å²) in [5, 5.41) is 5.62. The fraction of sp³-hybridized carbons (Fsp3) is 0.800. The zero-order valence-electron chi connectivity index (χ0n) is 5.59. The minimum atomic E-state index is 0.582. The van der Waals surface area contributed by atoms with Crippen LogP contribution in [0.1, 0.15) is 0 Å². The van der Waals surface area contributed by atoms with Gasteiger partial charge in [-0.25, -0.2) is 0 Å². The van der Waals surface area contributed by atoms with Crippen LogP contribution in [0.3, 0.4) is 0 Å². The van der Waals surface area contributed by atoms with E-state index in [-0.39, 0.29) is 0 Å². The van der Waals surface area contributed by atoms with Crippen molar-refractivity contribution in [3.05, 3.63) is 0 Å². The zero-order valence-corrected chi connectivity index (χ0v) is 5.59. The van der Waals surface area contributed by atoms with E-state index in [1.165, 1.54) is 0 Å². The fourth-order valence-electron chi connectivity index (χ4n) is 0.271. The number of hydrogen-bond donors (Lipinski definition) is 0. The third-order valence-corrected chi connectivity index (χ3v) is 0.554. The van der Waals surface area contributed by atoms with E-state index in [1.54, 1.807) is 18.3 Å². The second-order valence-electron chi connectivity index (χ2n) is 1.60. The molecular weight excluding hydrogens is 104 g/mol. The number of hydrazone groups is 1. The first-order valence-electron chi connectivity index (χ1n) is 2.46. The van der Waals surface area contributed by atoms with Gasteiger partial charge in [0, 0.05) is 21.2 Å². The third-order valence-electron chi connectivity index (χ3n) is 0.554. The number of nitrogens with zero attached hydrogens (tertiary/aromatic N) is 2. The maximum absolute atomic E-state index is 4.72. The lowest BCUT2D eigenvalue weighted by molar-refractivity contribution is 0.246. The van der Waals surface area contributed by atoms with Crippen LogP contribution in [-0.2, 0) is 4.74 Å². The van der Waals surface area contributed by atoms with E-state index in [1.807, 2.05) is 14.1 Å². The summed E-state index contributed by atoms with van der Waals surface area (Å²) < 4.78 is 4.72. The van der Waals surface area contributed by atoms with Crippen LogP contribution in [0.25, 0.3) is 0 Å². The predicted molar refractivity (Wildman–Crippen MR) is 34.1 cm³/mol. The molecule has 0 bridgehead atoms. The van der Waals surface area contributed by atoms with Crippen LogP contribution >= 0.6 is 0 Å². The molecule has 0 unspecified atom stereocenters. The number of methoxy groups -OCH3 is 1. The van der Waals surface area contributed by atoms with Crippen molar-refractivity contribution in [3.8, 4) is 0 Å². The van der Waals surface area contributed by atoms with Gasteiger partial charge in [0.15, 0.2) is 0 Å². The second kappa shape index (κ2) is 4.59. The highest BCUT2D eigenvalue weighted by Gasteiger charge is 1.73. The van der Waals surface area contributed by atoms with Gasteiger partial charge >= 0.3 is 0 Å². The van der Waals surface area contributed by atoms with E-state index >= 15 is 0 Å². The van der Waals surface area contributed by atoms with Gasteiger partial charge in [0.05, 0.1) is 12.8 Å². The molecule has 0 aromatic carbocycles. The summed E-state index contributed by atoms with van der Waals surface area (Å²) in [7, 11) is 5.38. The van der Waals surface area contributed by atoms with Crippen molar-refractivity contribution >= 4 is 6.21 Å². The van der Waals surface area contributed by atoms with Crippen LogP contribution in [0.2, 0.25) is 0 Å². The Hall–Kier alpha value is -0.570. The van der Waals surface area contributed by atoms with E-state index in [4.69, 9.17) is 4.74 Å². The number of rotatable bonds is 3. The summed E-state index contributed by atoms with van der Waals surface area (Å²) in [6.45, 7) is 0.582. The van der Waals surface area contributed by atoms with Gasteiger partial charge in [-0.2, -0.15) is 5.10 Å². The second-order valence-corrected chi connectivity index (χ2v) is 1.60. The van der Waals surface area contributed by atoms with Crippen LogP contribution in [0.15, 0.2) is 5.10 Å². The maximum atomic E-state index is 4.72. The molecule has 0 rings (SSSR count). The molecule has 3 heteroatoms. The summed E-state index contributed by atoms with van der Waals surface area (Å²) in [5.74, 6) is 0. The summed E-state index contributed by atoms with van der Waals surface area (Å²) in [4.78, 5) is 0. The lowest BCUT2D eigenvalue weighted by Crippen LogP contribution is -2.03. The van der Waals surface area contributed by atoms with Crippen LogP contribution in [0, 0.1) is 0 Å². The van der Waals surface area contributed by atoms with E-state index in [9.17, 15) is 0 Å². The van der Waals surface area contributed by atoms with Crippen molar-refractivity contribution in [2.45, 2.75) is 0 Å². The molecule has 0 fully saturated rings. The Morgan fingerprint density at radius 1 is 1.62 bits per heavy atom. The van der Waals surface area contributed by atoms with Gasteiger partial charge in [-0.3, -0.25) is 0 Å². The smallest absolute Gasteiger partial charge is 0.0832 e. The maximum Gasteiger partial charge on any atom is 0.0832 e. The Morgan fingerprint density at radius 2 is 2.25 bits per heavy atom. The minimum absolute atomic E-state index is 0.582. The van der Waals surface area contributed by atoms with Crippen LogP contribution in [0.4, 0.5) is 0 Å². The van der Waals surface area contributed by atoms with E-state index in [2.05, 4.69) is 5.10 Å². The summed E-state index contributed by atoms with van der Waals surface area (Å²) in [5.41, 5.74) is 0. The molecule has 0 saturated carbocycles. The van der Waals surface area contributed by atoms with Crippen LogP contribution < -0.4 is 0 Å². The highest BCUT2D eigenvalue weighted by atomic mass is 16.5. The van der Waals surface area contributed by atoms with E-state index in [0.29, 0.717) is 6.61 Å². The summed E-state index contributed by atoms with van der Waals surface area (Å²) in [6.07, 6.45) is 1.71. The van der Waals surface area contributed by atoms with Gasteiger partial charge in [-0.1, -0.05) is 0 Å². The normalized spacial score (nSPS) is 10.4. The van der Waals surface area contributed by atoms with Crippen molar-refractivity contribution in [3.63, 3.8) is 0 Å². The molecule has 0 radical (unpaired) electrons. The summed E-state index contributed by atoms with van der Waals surface area (Å²) >= 11 is 0. The van der Waals surface area contributed by atoms with E-state index < -0.39 is 0 Å². The highest BCUT2D eigenvalue weighted by molar-refractivity contribution is 5.57. The van der Waals surface area contributed by atoms with Gasteiger partial charge in [-0.05, 0) is 0 Å². The van der Waals surface area contributed by atoms with Crippen molar-refractivity contribution < 1.29 is 4.74 Å². The van der Waals surface area contributed by atoms with Crippen molar-refractivity contribution in [2.24, 2.45) is 5.10 Å². The molecule has 0 aromatic rings. The molecule has 0 saturated heterocycles. The molecule has 8 heavy (non-hydrogen) atoms. The molecule has 0 atom stereocenters. The molecule has 0 aliphatic carbocycles. The van der Waals surface area contributed by atoms with Crippen molar-refractivity contribution in [2.75, 3.05) is 27.8 Å². The van der Waals surface area contributed by atoms with Crippen LogP contribution in [0.5, 0.6) is 0 Å². The number of ether oxygens (including phenoxy) is 1. The lowest BCUT2D eigenvalue weighted by atomic mass is 10.8. The van der Waals surface area contributed by atoms with E-state index in [0.717, 1.165) is 0 Å². The van der Waals surface area contributed by atoms with Gasteiger partial charge < -0.3 is 9.75 Å². The average molecular weight is 116 g/mol. The Bertz CT molecular complexity index is 70.8.